The van der Waals surface area contributed by atoms with Crippen LogP contribution in [0.5, 0.6) is 5.75 Å². The number of benzene rings is 1. The molecule has 46 heavy (non-hydrogen) atoms. The van der Waals surface area contributed by atoms with E-state index in [1.165, 1.54) is 4.90 Å². The van der Waals surface area contributed by atoms with Gasteiger partial charge in [0, 0.05) is 50.4 Å². The number of carbonyl (C=O) groups is 1. The second kappa shape index (κ2) is 17.4. The molecule has 3 heterocycles. The maximum absolute atomic E-state index is 14.9. The Morgan fingerprint density at radius 1 is 1.00 bits per heavy atom. The third-order valence-electron chi connectivity index (χ3n) is 8.72. The average Bonchev–Trinajstić information content (AvgIpc) is 3.53. The highest BCUT2D eigenvalue weighted by atomic mass is 35.5. The number of ether oxygens (including phenoxy) is 1. The molecule has 6 N–H and O–H groups in total. The molecule has 1 aromatic heterocycles. The largest absolute Gasteiger partial charge is 0.493 e. The number of aromatic nitrogens is 2. The fourth-order valence-corrected chi connectivity index (χ4v) is 5.99. The van der Waals surface area contributed by atoms with Crippen LogP contribution in [0.3, 0.4) is 0 Å². The van der Waals surface area contributed by atoms with Crippen molar-refractivity contribution in [2.24, 2.45) is 11.8 Å². The van der Waals surface area contributed by atoms with Crippen LogP contribution in [0.15, 0.2) is 24.5 Å². The number of nitrogens with one attached hydrogen (secondary N) is 1. The molecule has 2 aromatic rings. The van der Waals surface area contributed by atoms with Crippen molar-refractivity contribution < 1.29 is 43.8 Å². The molecule has 0 aliphatic carbocycles. The van der Waals surface area contributed by atoms with Crippen LogP contribution in [0.25, 0.3) is 0 Å². The topological polar surface area (TPSA) is 172 Å². The Kier molecular flexibility index (Phi) is 13.7. The predicted octanol–water partition coefficient (Wildman–Crippen LogP) is 0.900. The minimum Gasteiger partial charge on any atom is -0.493 e. The number of aliphatic hydroxyl groups excluding tert-OH is 5. The Bertz CT molecular complexity index is 1240. The van der Waals surface area contributed by atoms with Gasteiger partial charge >= 0.3 is 0 Å². The summed E-state index contributed by atoms with van der Waals surface area (Å²) in [4.78, 5) is 25.1. The van der Waals surface area contributed by atoms with Crippen molar-refractivity contribution in [2.45, 2.75) is 62.9 Å². The van der Waals surface area contributed by atoms with E-state index in [4.69, 9.17) is 21.4 Å². The number of carbonyl (C=O) groups excluding carboxylic acids is 1. The number of nitrogens with zero attached hydrogens (tertiary/aromatic N) is 4. The fourth-order valence-electron chi connectivity index (χ4n) is 5.89. The van der Waals surface area contributed by atoms with Crippen LogP contribution in [-0.2, 0) is 11.2 Å². The maximum atomic E-state index is 14.9. The predicted molar refractivity (Wildman–Crippen MR) is 165 cm³/mol. The van der Waals surface area contributed by atoms with E-state index in [2.05, 4.69) is 20.2 Å². The van der Waals surface area contributed by atoms with Gasteiger partial charge in [-0.05, 0) is 50.5 Å². The monoisotopic (exact) mass is 671 g/mol. The lowest BCUT2D eigenvalue weighted by molar-refractivity contribution is -0.129. The number of anilines is 1. The fraction of sp³-hybridized carbons (Fsp3) is 0.645. The Labute approximate surface area is 272 Å². The van der Waals surface area contributed by atoms with Gasteiger partial charge in [-0.3, -0.25) is 4.79 Å². The SMILES string of the molecule is O=C(Cc1c(F)cc(OCCCC2CCN(c3ncc(Cl)cn3)CC2)cc1F)N1CC[C@@H](CNC[C@H](O)[C@@H](O)[C@H](O)[C@H](O)CO)C1. The van der Waals surface area contributed by atoms with E-state index in [9.17, 15) is 34.0 Å². The molecule has 4 rings (SSSR count). The standard InChI is InChI=1S/C31H44ClF2N5O7/c32-21-14-36-31(37-15-21)38-6-3-19(4-7-38)2-1-9-46-22-10-24(33)23(25(34)11-22)12-28(43)39-8-5-20(17-39)13-35-16-26(41)29(44)30(45)27(42)18-40/h10-11,14-15,19-20,26-27,29-30,35,40-42,44-45H,1-9,12-13,16-18H2/t20-,26-,27+,29+,30+/m0/s1. The smallest absolute Gasteiger partial charge is 0.227 e. The molecular formula is C31H44ClF2N5O7. The van der Waals surface area contributed by atoms with Crippen LogP contribution >= 0.6 is 11.6 Å². The highest BCUT2D eigenvalue weighted by molar-refractivity contribution is 6.30. The highest BCUT2D eigenvalue weighted by Crippen LogP contribution is 2.26. The summed E-state index contributed by atoms with van der Waals surface area (Å²) < 4.78 is 35.3. The summed E-state index contributed by atoms with van der Waals surface area (Å²) in [7, 11) is 0. The van der Waals surface area contributed by atoms with Crippen molar-refractivity contribution in [3.05, 3.63) is 46.7 Å². The Morgan fingerprint density at radius 3 is 2.28 bits per heavy atom. The first-order valence-electron chi connectivity index (χ1n) is 15.7. The van der Waals surface area contributed by atoms with E-state index in [1.807, 2.05) is 0 Å². The van der Waals surface area contributed by atoms with E-state index < -0.39 is 55.0 Å². The number of hydrogen-bond donors (Lipinski definition) is 6. The molecule has 1 aromatic carbocycles. The molecule has 15 heteroatoms. The zero-order valence-corrected chi connectivity index (χ0v) is 26.4. The quantitative estimate of drug-likeness (QED) is 0.140. The zero-order chi connectivity index (χ0) is 33.2. The van der Waals surface area contributed by atoms with Gasteiger partial charge in [-0.15, -0.1) is 0 Å². The van der Waals surface area contributed by atoms with Crippen LogP contribution in [0.1, 0.15) is 37.7 Å². The molecule has 256 valence electrons. The molecule has 2 saturated heterocycles. The summed E-state index contributed by atoms with van der Waals surface area (Å²) in [5.74, 6) is -0.793. The molecular weight excluding hydrogens is 628 g/mol. The third kappa shape index (κ3) is 10.1. The number of piperidine rings is 1. The van der Waals surface area contributed by atoms with Crippen molar-refractivity contribution in [1.29, 1.82) is 0 Å². The Morgan fingerprint density at radius 2 is 1.63 bits per heavy atom. The second-order valence-electron chi connectivity index (χ2n) is 12.1. The first-order valence-corrected chi connectivity index (χ1v) is 16.1. The minimum atomic E-state index is -1.71. The summed E-state index contributed by atoms with van der Waals surface area (Å²) in [5.41, 5.74) is -0.309. The number of rotatable bonds is 16. The van der Waals surface area contributed by atoms with Gasteiger partial charge in [0.25, 0.3) is 0 Å². The summed E-state index contributed by atoms with van der Waals surface area (Å²) in [6.45, 7) is 2.32. The lowest BCUT2D eigenvalue weighted by atomic mass is 9.92. The van der Waals surface area contributed by atoms with Crippen molar-refractivity contribution in [3.8, 4) is 5.75 Å². The van der Waals surface area contributed by atoms with Gasteiger partial charge in [-0.25, -0.2) is 18.7 Å². The van der Waals surface area contributed by atoms with Gasteiger partial charge in [-0.1, -0.05) is 11.6 Å². The van der Waals surface area contributed by atoms with E-state index in [-0.39, 0.29) is 23.8 Å². The molecule has 2 aliphatic heterocycles. The van der Waals surface area contributed by atoms with Gasteiger partial charge in [-0.2, -0.15) is 0 Å². The van der Waals surface area contributed by atoms with Crippen molar-refractivity contribution in [2.75, 3.05) is 57.4 Å². The molecule has 0 radical (unpaired) electrons. The summed E-state index contributed by atoms with van der Waals surface area (Å²) in [5, 5.41) is 51.4. The average molecular weight is 672 g/mol. The summed E-state index contributed by atoms with van der Waals surface area (Å²) in [6, 6.07) is 2.23. The first-order chi connectivity index (χ1) is 22.0. The lowest BCUT2D eigenvalue weighted by Gasteiger charge is -2.31. The van der Waals surface area contributed by atoms with Crippen molar-refractivity contribution >= 4 is 23.5 Å². The molecule has 0 unspecified atom stereocenters. The van der Waals surface area contributed by atoms with Gasteiger partial charge in [0.05, 0.1) is 43.2 Å². The Hall–Kier alpha value is -2.72. The number of likely N-dealkylation sites (tertiary alicyclic amines) is 1. The number of halogens is 3. The van der Waals surface area contributed by atoms with Gasteiger partial charge in [0.1, 0.15) is 35.7 Å². The molecule has 5 atom stereocenters. The maximum Gasteiger partial charge on any atom is 0.227 e. The second-order valence-corrected chi connectivity index (χ2v) is 12.6. The summed E-state index contributed by atoms with van der Waals surface area (Å²) in [6.07, 6.45) is 0.686. The van der Waals surface area contributed by atoms with E-state index in [1.54, 1.807) is 12.4 Å². The molecule has 2 fully saturated rings. The molecule has 0 spiro atoms. The minimum absolute atomic E-state index is 0.0109. The van der Waals surface area contributed by atoms with E-state index in [0.29, 0.717) is 49.6 Å². The van der Waals surface area contributed by atoms with Gasteiger partial charge in [0.15, 0.2) is 0 Å². The Balaban J connectivity index is 1.14. The van der Waals surface area contributed by atoms with Crippen LogP contribution in [0, 0.1) is 23.5 Å². The third-order valence-corrected chi connectivity index (χ3v) is 8.92. The highest BCUT2D eigenvalue weighted by Gasteiger charge is 2.31. The molecule has 12 nitrogen and oxygen atoms in total. The molecule has 1 amide bonds. The van der Waals surface area contributed by atoms with Crippen LogP contribution in [0.4, 0.5) is 14.7 Å². The number of hydrogen-bond acceptors (Lipinski definition) is 11. The van der Waals surface area contributed by atoms with E-state index in [0.717, 1.165) is 50.9 Å². The van der Waals surface area contributed by atoms with Crippen LogP contribution in [-0.4, -0.2) is 123 Å². The molecule has 2 aliphatic rings. The zero-order valence-electron chi connectivity index (χ0n) is 25.6. The molecule has 0 bridgehead atoms. The van der Waals surface area contributed by atoms with Crippen molar-refractivity contribution in [1.82, 2.24) is 20.2 Å². The van der Waals surface area contributed by atoms with Crippen molar-refractivity contribution in [3.63, 3.8) is 0 Å². The number of amides is 1. The lowest BCUT2D eigenvalue weighted by Crippen LogP contribution is -2.49. The molecule has 0 saturated carbocycles. The van der Waals surface area contributed by atoms with Crippen LogP contribution in [0.2, 0.25) is 5.02 Å². The van der Waals surface area contributed by atoms with E-state index >= 15 is 0 Å². The number of aliphatic hydroxyl groups is 5. The van der Waals surface area contributed by atoms with Crippen LogP contribution < -0.4 is 15.0 Å². The summed E-state index contributed by atoms with van der Waals surface area (Å²) >= 11 is 5.86. The van der Waals surface area contributed by atoms with Gasteiger partial charge < -0.3 is 45.4 Å². The first kappa shape index (κ1) is 36.1. The van der Waals surface area contributed by atoms with Gasteiger partial charge in [0.2, 0.25) is 11.9 Å². The normalized spacial score (nSPS) is 20.0.